The summed E-state index contributed by atoms with van der Waals surface area (Å²) < 4.78 is 17.2. The van der Waals surface area contributed by atoms with Crippen molar-refractivity contribution in [2.75, 3.05) is 13.2 Å². The van der Waals surface area contributed by atoms with Crippen LogP contribution in [0.1, 0.15) is 61.9 Å². The van der Waals surface area contributed by atoms with Crippen molar-refractivity contribution in [3.05, 3.63) is 59.7 Å². The molecule has 0 atom stereocenters. The monoisotopic (exact) mass is 394 g/mol. The molecule has 0 amide bonds. The Morgan fingerprint density at radius 1 is 0.966 bits per heavy atom. The van der Waals surface area contributed by atoms with Crippen LogP contribution in [0.15, 0.2) is 48.5 Å². The Bertz CT molecular complexity index is 749. The molecule has 2 aromatic carbocycles. The van der Waals surface area contributed by atoms with Gasteiger partial charge < -0.3 is 14.0 Å². The zero-order valence-corrected chi connectivity index (χ0v) is 17.6. The van der Waals surface area contributed by atoms with Crippen LogP contribution in [0.25, 0.3) is 0 Å². The number of hydrogen-bond donors (Lipinski definition) is 0. The average Bonchev–Trinajstić information content (AvgIpc) is 2.76. The van der Waals surface area contributed by atoms with Gasteiger partial charge in [-0.3, -0.25) is 0 Å². The summed E-state index contributed by atoms with van der Waals surface area (Å²) >= 11 is 0. The predicted octanol–water partition coefficient (Wildman–Crippen LogP) is 4.80. The number of unbranched alkanes of at least 4 members (excludes halogenated alkanes) is 2. The zero-order valence-electron chi connectivity index (χ0n) is 17.6. The highest BCUT2D eigenvalue weighted by Gasteiger charge is 2.28. The van der Waals surface area contributed by atoms with Crippen molar-refractivity contribution in [1.29, 1.82) is 0 Å². The van der Waals surface area contributed by atoms with E-state index in [0.717, 1.165) is 37.9 Å². The fourth-order valence-corrected chi connectivity index (χ4v) is 3.56. The van der Waals surface area contributed by atoms with E-state index in [4.69, 9.17) is 14.0 Å². The molecule has 0 radical (unpaired) electrons. The van der Waals surface area contributed by atoms with Gasteiger partial charge in [0.15, 0.2) is 0 Å². The van der Waals surface area contributed by atoms with Crippen molar-refractivity contribution in [2.24, 2.45) is 5.92 Å². The Hall–Kier alpha value is -2.11. The van der Waals surface area contributed by atoms with Gasteiger partial charge in [-0.15, -0.1) is 0 Å². The van der Waals surface area contributed by atoms with Crippen LogP contribution < -0.4 is 10.2 Å². The molecule has 0 saturated carbocycles. The third-order valence-corrected chi connectivity index (χ3v) is 5.28. The van der Waals surface area contributed by atoms with Gasteiger partial charge in [0.1, 0.15) is 5.75 Å². The summed E-state index contributed by atoms with van der Waals surface area (Å²) in [4.78, 5) is 12.4. The Morgan fingerprint density at radius 2 is 1.66 bits per heavy atom. The lowest BCUT2D eigenvalue weighted by atomic mass is 9.77. The molecule has 1 aliphatic rings. The second-order valence-corrected chi connectivity index (χ2v) is 7.77. The Balaban J connectivity index is 1.51. The number of esters is 1. The summed E-state index contributed by atoms with van der Waals surface area (Å²) in [5.41, 5.74) is 2.71. The van der Waals surface area contributed by atoms with Crippen molar-refractivity contribution >= 4 is 18.6 Å². The highest BCUT2D eigenvalue weighted by Crippen LogP contribution is 2.17. The zero-order chi connectivity index (χ0) is 20.5. The number of hydrogen-bond acceptors (Lipinski definition) is 4. The summed E-state index contributed by atoms with van der Waals surface area (Å²) in [6.07, 6.45) is 6.97. The standard InChI is InChI=1S/C24H31BO4/c1-3-5-6-8-19-9-15-23(16-10-19)29-24(26)21-11-13-22(14-12-21)25-27-17-20(7-4-2)18-28-25/h9-16,20H,3-8,17-18H2,1-2H3. The first-order valence-corrected chi connectivity index (χ1v) is 10.8. The number of carbonyl (C=O) groups is 1. The van der Waals surface area contributed by atoms with Crippen LogP contribution >= 0.6 is 0 Å². The van der Waals surface area contributed by atoms with Crippen molar-refractivity contribution in [1.82, 2.24) is 0 Å². The molecule has 154 valence electrons. The van der Waals surface area contributed by atoms with E-state index in [2.05, 4.69) is 13.8 Å². The number of benzene rings is 2. The fourth-order valence-electron chi connectivity index (χ4n) is 3.56. The first-order valence-electron chi connectivity index (χ1n) is 10.8. The SMILES string of the molecule is CCCCCc1ccc(OC(=O)c2ccc(B3OCC(CCC)CO3)cc2)cc1. The maximum absolute atomic E-state index is 12.4. The van der Waals surface area contributed by atoms with Crippen molar-refractivity contribution < 1.29 is 18.8 Å². The molecule has 0 N–H and O–H groups in total. The molecule has 0 aliphatic carbocycles. The number of rotatable bonds is 9. The van der Waals surface area contributed by atoms with Crippen LogP contribution in [0.4, 0.5) is 0 Å². The summed E-state index contributed by atoms with van der Waals surface area (Å²) in [7, 11) is -0.353. The lowest BCUT2D eigenvalue weighted by Crippen LogP contribution is -2.44. The van der Waals surface area contributed by atoms with Crippen molar-refractivity contribution in [3.63, 3.8) is 0 Å². The normalized spacial score (nSPS) is 14.8. The van der Waals surface area contributed by atoms with E-state index in [1.807, 2.05) is 36.4 Å². The lowest BCUT2D eigenvalue weighted by molar-refractivity contribution is 0.0734. The molecular weight excluding hydrogens is 363 g/mol. The van der Waals surface area contributed by atoms with Crippen LogP contribution in [-0.2, 0) is 15.7 Å². The Labute approximate surface area is 174 Å². The van der Waals surface area contributed by atoms with Gasteiger partial charge in [0.2, 0.25) is 0 Å². The first kappa shape index (κ1) is 21.6. The minimum atomic E-state index is -0.358. The molecule has 1 aliphatic heterocycles. The van der Waals surface area contributed by atoms with Gasteiger partial charge in [-0.2, -0.15) is 0 Å². The van der Waals surface area contributed by atoms with Gasteiger partial charge >= 0.3 is 13.1 Å². The minimum Gasteiger partial charge on any atom is -0.423 e. The van der Waals surface area contributed by atoms with E-state index in [1.165, 1.54) is 24.8 Å². The molecule has 0 spiro atoms. The number of aryl methyl sites for hydroxylation is 1. The second-order valence-electron chi connectivity index (χ2n) is 7.77. The lowest BCUT2D eigenvalue weighted by Gasteiger charge is -2.27. The molecular formula is C24H31BO4. The highest BCUT2D eigenvalue weighted by molar-refractivity contribution is 6.61. The molecule has 3 rings (SSSR count). The van der Waals surface area contributed by atoms with Crippen molar-refractivity contribution in [2.45, 2.75) is 52.4 Å². The molecule has 1 fully saturated rings. The van der Waals surface area contributed by atoms with Crippen LogP contribution in [0.5, 0.6) is 5.75 Å². The Kier molecular flexibility index (Phi) is 8.32. The maximum Gasteiger partial charge on any atom is 0.493 e. The molecule has 29 heavy (non-hydrogen) atoms. The molecule has 4 nitrogen and oxygen atoms in total. The van der Waals surface area contributed by atoms with Crippen LogP contribution in [0, 0.1) is 5.92 Å². The summed E-state index contributed by atoms with van der Waals surface area (Å²) in [6, 6.07) is 15.1. The van der Waals surface area contributed by atoms with Crippen LogP contribution in [0.2, 0.25) is 0 Å². The largest absolute Gasteiger partial charge is 0.493 e. The smallest absolute Gasteiger partial charge is 0.423 e. The molecule has 0 aromatic heterocycles. The predicted molar refractivity (Wildman–Crippen MR) is 117 cm³/mol. The number of ether oxygens (including phenoxy) is 1. The van der Waals surface area contributed by atoms with Crippen LogP contribution in [0.3, 0.4) is 0 Å². The molecule has 0 bridgehead atoms. The fraction of sp³-hybridized carbons (Fsp3) is 0.458. The van der Waals surface area contributed by atoms with Gasteiger partial charge in [0.05, 0.1) is 5.56 Å². The Morgan fingerprint density at radius 3 is 2.28 bits per heavy atom. The van der Waals surface area contributed by atoms with Gasteiger partial charge in [0.25, 0.3) is 0 Å². The third kappa shape index (κ3) is 6.45. The summed E-state index contributed by atoms with van der Waals surface area (Å²) in [5.74, 6) is 0.687. The quantitative estimate of drug-likeness (QED) is 0.265. The van der Waals surface area contributed by atoms with E-state index < -0.39 is 0 Å². The molecule has 1 saturated heterocycles. The minimum absolute atomic E-state index is 0.353. The van der Waals surface area contributed by atoms with Gasteiger partial charge in [0, 0.05) is 19.1 Å². The van der Waals surface area contributed by atoms with E-state index in [0.29, 0.717) is 17.2 Å². The van der Waals surface area contributed by atoms with E-state index in [1.54, 1.807) is 12.1 Å². The van der Waals surface area contributed by atoms with E-state index in [-0.39, 0.29) is 13.1 Å². The molecule has 5 heteroatoms. The van der Waals surface area contributed by atoms with E-state index >= 15 is 0 Å². The van der Waals surface area contributed by atoms with Gasteiger partial charge in [-0.25, -0.2) is 4.79 Å². The molecule has 2 aromatic rings. The molecule has 0 unspecified atom stereocenters. The first-order chi connectivity index (χ1) is 14.2. The van der Waals surface area contributed by atoms with Gasteiger partial charge in [-0.1, -0.05) is 57.4 Å². The summed E-state index contributed by atoms with van der Waals surface area (Å²) in [6.45, 7) is 5.81. The van der Waals surface area contributed by atoms with Crippen LogP contribution in [-0.4, -0.2) is 26.3 Å². The topological polar surface area (TPSA) is 44.8 Å². The average molecular weight is 394 g/mol. The second kappa shape index (κ2) is 11.2. The maximum atomic E-state index is 12.4. The van der Waals surface area contributed by atoms with E-state index in [9.17, 15) is 4.79 Å². The van der Waals surface area contributed by atoms with Gasteiger partial charge in [-0.05, 0) is 54.6 Å². The highest BCUT2D eigenvalue weighted by atomic mass is 16.6. The number of carbonyl (C=O) groups excluding carboxylic acids is 1. The van der Waals surface area contributed by atoms with Crippen molar-refractivity contribution in [3.8, 4) is 5.75 Å². The third-order valence-electron chi connectivity index (χ3n) is 5.28. The summed E-state index contributed by atoms with van der Waals surface area (Å²) in [5, 5.41) is 0. The molecule has 1 heterocycles.